The SMILES string of the molecule is Cc1cc(C)c(S(=O)(=O)NCCN)s1. The van der Waals surface area contributed by atoms with Crippen LogP contribution in [0.25, 0.3) is 0 Å². The zero-order valence-electron chi connectivity index (χ0n) is 8.20. The minimum Gasteiger partial charge on any atom is -0.329 e. The molecule has 0 saturated carbocycles. The monoisotopic (exact) mass is 234 g/mol. The van der Waals surface area contributed by atoms with Gasteiger partial charge < -0.3 is 5.73 Å². The Morgan fingerprint density at radius 1 is 1.50 bits per heavy atom. The molecule has 14 heavy (non-hydrogen) atoms. The number of aryl methyl sites for hydroxylation is 2. The van der Waals surface area contributed by atoms with E-state index in [0.717, 1.165) is 10.4 Å². The fraction of sp³-hybridized carbons (Fsp3) is 0.500. The van der Waals surface area contributed by atoms with Crippen molar-refractivity contribution in [2.45, 2.75) is 18.1 Å². The van der Waals surface area contributed by atoms with Crippen molar-refractivity contribution < 1.29 is 8.42 Å². The molecule has 0 radical (unpaired) electrons. The second-order valence-corrected chi connectivity index (χ2v) is 6.23. The first kappa shape index (κ1) is 11.6. The first-order chi connectivity index (χ1) is 6.47. The molecule has 6 heteroatoms. The van der Waals surface area contributed by atoms with Gasteiger partial charge in [0.15, 0.2) is 0 Å². The van der Waals surface area contributed by atoms with Crippen LogP contribution in [-0.2, 0) is 10.0 Å². The van der Waals surface area contributed by atoms with Gasteiger partial charge in [0.25, 0.3) is 0 Å². The molecule has 0 fully saturated rings. The van der Waals surface area contributed by atoms with Gasteiger partial charge in [-0.2, -0.15) is 0 Å². The van der Waals surface area contributed by atoms with Gasteiger partial charge in [0, 0.05) is 18.0 Å². The van der Waals surface area contributed by atoms with E-state index < -0.39 is 10.0 Å². The van der Waals surface area contributed by atoms with Gasteiger partial charge in [0.2, 0.25) is 10.0 Å². The van der Waals surface area contributed by atoms with Crippen LogP contribution < -0.4 is 10.5 Å². The second kappa shape index (κ2) is 4.39. The maximum absolute atomic E-state index is 11.7. The molecule has 0 amide bonds. The van der Waals surface area contributed by atoms with E-state index in [1.807, 2.05) is 13.0 Å². The van der Waals surface area contributed by atoms with Crippen LogP contribution in [0.2, 0.25) is 0 Å². The number of hydrogen-bond donors (Lipinski definition) is 2. The van der Waals surface area contributed by atoms with Gasteiger partial charge >= 0.3 is 0 Å². The number of nitrogens with one attached hydrogen (secondary N) is 1. The molecule has 80 valence electrons. The smallest absolute Gasteiger partial charge is 0.250 e. The van der Waals surface area contributed by atoms with Gasteiger partial charge in [-0.25, -0.2) is 13.1 Å². The van der Waals surface area contributed by atoms with E-state index in [1.54, 1.807) is 6.92 Å². The highest BCUT2D eigenvalue weighted by atomic mass is 32.2. The van der Waals surface area contributed by atoms with Crippen molar-refractivity contribution in [2.24, 2.45) is 5.73 Å². The van der Waals surface area contributed by atoms with E-state index in [2.05, 4.69) is 4.72 Å². The van der Waals surface area contributed by atoms with Crippen molar-refractivity contribution >= 4 is 21.4 Å². The largest absolute Gasteiger partial charge is 0.329 e. The van der Waals surface area contributed by atoms with Gasteiger partial charge in [0.1, 0.15) is 4.21 Å². The number of nitrogens with two attached hydrogens (primary N) is 1. The molecule has 4 nitrogen and oxygen atoms in total. The van der Waals surface area contributed by atoms with Crippen molar-refractivity contribution in [1.82, 2.24) is 4.72 Å². The summed E-state index contributed by atoms with van der Waals surface area (Å²) in [7, 11) is -3.34. The molecule has 1 aromatic heterocycles. The lowest BCUT2D eigenvalue weighted by molar-refractivity contribution is 0.584. The predicted molar refractivity (Wildman–Crippen MR) is 58.0 cm³/mol. The van der Waals surface area contributed by atoms with Crippen molar-refractivity contribution in [3.63, 3.8) is 0 Å². The molecule has 0 aliphatic heterocycles. The molecule has 0 unspecified atom stereocenters. The van der Waals surface area contributed by atoms with Crippen LogP contribution in [0.4, 0.5) is 0 Å². The molecule has 1 aromatic rings. The average Bonchev–Trinajstić information content (AvgIpc) is 2.42. The summed E-state index contributed by atoms with van der Waals surface area (Å²) >= 11 is 1.28. The summed E-state index contributed by atoms with van der Waals surface area (Å²) in [6.45, 7) is 4.27. The molecule has 0 aliphatic rings. The highest BCUT2D eigenvalue weighted by Crippen LogP contribution is 2.25. The molecule has 1 heterocycles. The van der Waals surface area contributed by atoms with E-state index in [4.69, 9.17) is 5.73 Å². The summed E-state index contributed by atoms with van der Waals surface area (Å²) < 4.78 is 26.2. The third-order valence-electron chi connectivity index (χ3n) is 1.68. The maximum atomic E-state index is 11.7. The van der Waals surface area contributed by atoms with Gasteiger partial charge in [0.05, 0.1) is 0 Å². The summed E-state index contributed by atoms with van der Waals surface area (Å²) in [6.07, 6.45) is 0. The third-order valence-corrected chi connectivity index (χ3v) is 4.93. The minimum atomic E-state index is -3.34. The van der Waals surface area contributed by atoms with E-state index in [-0.39, 0.29) is 6.54 Å². The van der Waals surface area contributed by atoms with Gasteiger partial charge in [-0.3, -0.25) is 0 Å². The standard InChI is InChI=1S/C8H14N2O2S2/c1-6-5-7(2)13-8(6)14(11,12)10-4-3-9/h5,10H,3-4,9H2,1-2H3. The van der Waals surface area contributed by atoms with E-state index in [9.17, 15) is 8.42 Å². The zero-order valence-corrected chi connectivity index (χ0v) is 9.83. The molecule has 0 aliphatic carbocycles. The number of hydrogen-bond acceptors (Lipinski definition) is 4. The Hall–Kier alpha value is -0.430. The topological polar surface area (TPSA) is 72.2 Å². The molecule has 0 bridgehead atoms. The van der Waals surface area contributed by atoms with Crippen LogP contribution in [0.15, 0.2) is 10.3 Å². The maximum Gasteiger partial charge on any atom is 0.250 e. The molecule has 3 N–H and O–H groups in total. The quantitative estimate of drug-likeness (QED) is 0.801. The Morgan fingerprint density at radius 2 is 2.14 bits per heavy atom. The van der Waals surface area contributed by atoms with Crippen molar-refractivity contribution in [3.8, 4) is 0 Å². The van der Waals surface area contributed by atoms with Gasteiger partial charge in [-0.05, 0) is 25.5 Å². The summed E-state index contributed by atoms with van der Waals surface area (Å²) in [6, 6.07) is 1.86. The molecule has 0 atom stereocenters. The molecule has 1 rings (SSSR count). The lowest BCUT2D eigenvalue weighted by Crippen LogP contribution is -2.28. The first-order valence-corrected chi connectivity index (χ1v) is 6.54. The van der Waals surface area contributed by atoms with Crippen molar-refractivity contribution in [1.29, 1.82) is 0 Å². The third kappa shape index (κ3) is 2.54. The molecule has 0 saturated heterocycles. The number of thiophene rings is 1. The number of rotatable bonds is 4. The van der Waals surface area contributed by atoms with E-state index in [1.165, 1.54) is 11.3 Å². The Morgan fingerprint density at radius 3 is 2.57 bits per heavy atom. The zero-order chi connectivity index (χ0) is 10.8. The van der Waals surface area contributed by atoms with Crippen molar-refractivity contribution in [2.75, 3.05) is 13.1 Å². The van der Waals surface area contributed by atoms with Crippen LogP contribution in [-0.4, -0.2) is 21.5 Å². The fourth-order valence-corrected chi connectivity index (χ4v) is 3.90. The van der Waals surface area contributed by atoms with E-state index >= 15 is 0 Å². The van der Waals surface area contributed by atoms with Crippen LogP contribution in [0, 0.1) is 13.8 Å². The van der Waals surface area contributed by atoms with Crippen LogP contribution in [0.3, 0.4) is 0 Å². The fourth-order valence-electron chi connectivity index (χ4n) is 1.15. The Kier molecular flexibility index (Phi) is 3.65. The highest BCUT2D eigenvalue weighted by molar-refractivity contribution is 7.91. The van der Waals surface area contributed by atoms with Crippen LogP contribution >= 0.6 is 11.3 Å². The first-order valence-electron chi connectivity index (χ1n) is 4.24. The molecule has 0 spiro atoms. The highest BCUT2D eigenvalue weighted by Gasteiger charge is 2.18. The summed E-state index contributed by atoms with van der Waals surface area (Å²) in [5, 5.41) is 0. The molecular formula is C8H14N2O2S2. The summed E-state index contributed by atoms with van der Waals surface area (Å²) in [5.41, 5.74) is 6.02. The minimum absolute atomic E-state index is 0.277. The van der Waals surface area contributed by atoms with Crippen LogP contribution in [0.1, 0.15) is 10.4 Å². The molecule has 0 aromatic carbocycles. The predicted octanol–water partition coefficient (Wildman–Crippen LogP) is 0.602. The Bertz CT molecular complexity index is 409. The van der Waals surface area contributed by atoms with Gasteiger partial charge in [-0.1, -0.05) is 0 Å². The normalized spacial score (nSPS) is 11.9. The summed E-state index contributed by atoms with van der Waals surface area (Å²) in [4.78, 5) is 0.996. The van der Waals surface area contributed by atoms with Crippen LogP contribution in [0.5, 0.6) is 0 Å². The second-order valence-electron chi connectivity index (χ2n) is 3.01. The number of sulfonamides is 1. The van der Waals surface area contributed by atoms with Gasteiger partial charge in [-0.15, -0.1) is 11.3 Å². The average molecular weight is 234 g/mol. The molecular weight excluding hydrogens is 220 g/mol. The van der Waals surface area contributed by atoms with Crippen molar-refractivity contribution in [3.05, 3.63) is 16.5 Å². The Labute approximate surface area is 88.2 Å². The lowest BCUT2D eigenvalue weighted by Gasteiger charge is -2.03. The lowest BCUT2D eigenvalue weighted by atomic mass is 10.4. The Balaban J connectivity index is 2.98. The van der Waals surface area contributed by atoms with E-state index in [0.29, 0.717) is 10.8 Å². The summed E-state index contributed by atoms with van der Waals surface area (Å²) in [5.74, 6) is 0.